The van der Waals surface area contributed by atoms with Gasteiger partial charge in [-0.15, -0.1) is 0 Å². The van der Waals surface area contributed by atoms with Gasteiger partial charge in [0.25, 0.3) is 0 Å². The lowest BCUT2D eigenvalue weighted by molar-refractivity contribution is 0.417. The summed E-state index contributed by atoms with van der Waals surface area (Å²) in [7, 11) is 0. The standard InChI is InChI=1S/C9H7NOS/c12-9-8(6-11-10-9)7-4-2-1-3-5-7/h1-6H,(H,10,12). The van der Waals surface area contributed by atoms with Gasteiger partial charge in [0.1, 0.15) is 10.9 Å². The summed E-state index contributed by atoms with van der Waals surface area (Å²) in [5.41, 5.74) is 2.01. The highest BCUT2D eigenvalue weighted by Crippen LogP contribution is 2.18. The molecule has 3 heteroatoms. The maximum Gasteiger partial charge on any atom is 0.145 e. The van der Waals surface area contributed by atoms with Crippen LogP contribution < -0.4 is 0 Å². The quantitative estimate of drug-likeness (QED) is 0.678. The highest BCUT2D eigenvalue weighted by molar-refractivity contribution is 7.71. The molecule has 2 aromatic rings. The molecule has 0 unspecified atom stereocenters. The Kier molecular flexibility index (Phi) is 1.80. The van der Waals surface area contributed by atoms with Gasteiger partial charge in [-0.1, -0.05) is 42.5 Å². The van der Waals surface area contributed by atoms with Crippen molar-refractivity contribution in [2.24, 2.45) is 0 Å². The molecule has 0 radical (unpaired) electrons. The van der Waals surface area contributed by atoms with Crippen molar-refractivity contribution in [3.63, 3.8) is 0 Å². The van der Waals surface area contributed by atoms with E-state index in [9.17, 15) is 0 Å². The van der Waals surface area contributed by atoms with E-state index in [1.165, 1.54) is 0 Å². The molecule has 1 aromatic heterocycles. The lowest BCUT2D eigenvalue weighted by atomic mass is 10.1. The number of hydrogen-bond donors (Lipinski definition) is 1. The summed E-state index contributed by atoms with van der Waals surface area (Å²) in [4.78, 5) is 0. The minimum absolute atomic E-state index is 0.640. The monoisotopic (exact) mass is 177 g/mol. The summed E-state index contributed by atoms with van der Waals surface area (Å²) >= 11 is 5.02. The van der Waals surface area contributed by atoms with Crippen LogP contribution in [0.5, 0.6) is 0 Å². The molecule has 0 amide bonds. The Balaban J connectivity index is 2.59. The lowest BCUT2D eigenvalue weighted by Gasteiger charge is -1.92. The van der Waals surface area contributed by atoms with Gasteiger partial charge in [0.2, 0.25) is 0 Å². The Labute approximate surface area is 74.8 Å². The van der Waals surface area contributed by atoms with E-state index < -0.39 is 0 Å². The molecule has 60 valence electrons. The van der Waals surface area contributed by atoms with Gasteiger partial charge in [-0.3, -0.25) is 0 Å². The average Bonchev–Trinajstić information content (AvgIpc) is 2.53. The fourth-order valence-electron chi connectivity index (χ4n) is 1.07. The van der Waals surface area contributed by atoms with Crippen LogP contribution in [0.1, 0.15) is 0 Å². The van der Waals surface area contributed by atoms with E-state index in [1.807, 2.05) is 30.3 Å². The minimum Gasteiger partial charge on any atom is -0.388 e. The van der Waals surface area contributed by atoms with Crippen molar-refractivity contribution in [3.8, 4) is 11.1 Å². The molecule has 0 fully saturated rings. The van der Waals surface area contributed by atoms with Gasteiger partial charge >= 0.3 is 0 Å². The van der Waals surface area contributed by atoms with Crippen LogP contribution in [0.3, 0.4) is 0 Å². The highest BCUT2D eigenvalue weighted by Gasteiger charge is 1.99. The number of aromatic amines is 1. The zero-order valence-electron chi connectivity index (χ0n) is 6.28. The Morgan fingerprint density at radius 3 is 2.50 bits per heavy atom. The van der Waals surface area contributed by atoms with Crippen molar-refractivity contribution in [3.05, 3.63) is 41.2 Å². The predicted octanol–water partition coefficient (Wildman–Crippen LogP) is 3.00. The van der Waals surface area contributed by atoms with E-state index in [2.05, 4.69) is 5.16 Å². The number of benzene rings is 1. The summed E-state index contributed by atoms with van der Waals surface area (Å²) in [6.07, 6.45) is 1.62. The predicted molar refractivity (Wildman–Crippen MR) is 49.3 cm³/mol. The van der Waals surface area contributed by atoms with Crippen LogP contribution in [0.25, 0.3) is 11.1 Å². The lowest BCUT2D eigenvalue weighted by Crippen LogP contribution is -1.72. The third-order valence-electron chi connectivity index (χ3n) is 1.66. The molecule has 0 bridgehead atoms. The molecule has 12 heavy (non-hydrogen) atoms. The number of aromatic nitrogens is 1. The molecular weight excluding hydrogens is 170 g/mol. The highest BCUT2D eigenvalue weighted by atomic mass is 32.1. The Morgan fingerprint density at radius 1 is 1.17 bits per heavy atom. The molecule has 1 heterocycles. The van der Waals surface area contributed by atoms with Gasteiger partial charge < -0.3 is 4.52 Å². The summed E-state index contributed by atoms with van der Waals surface area (Å²) in [6, 6.07) is 9.90. The largest absolute Gasteiger partial charge is 0.388 e. The summed E-state index contributed by atoms with van der Waals surface area (Å²) < 4.78 is 5.51. The van der Waals surface area contributed by atoms with Gasteiger partial charge in [0.05, 0.1) is 5.56 Å². The SMILES string of the molecule is S=c1[nH]occ1-c1ccccc1. The number of nitrogens with one attached hydrogen (secondary N) is 1. The van der Waals surface area contributed by atoms with Gasteiger partial charge in [0.15, 0.2) is 0 Å². The van der Waals surface area contributed by atoms with E-state index in [0.717, 1.165) is 11.1 Å². The van der Waals surface area contributed by atoms with Crippen LogP contribution >= 0.6 is 12.2 Å². The number of hydrogen-bond acceptors (Lipinski definition) is 2. The molecule has 1 N–H and O–H groups in total. The van der Waals surface area contributed by atoms with E-state index >= 15 is 0 Å². The van der Waals surface area contributed by atoms with E-state index in [1.54, 1.807) is 6.26 Å². The fourth-order valence-corrected chi connectivity index (χ4v) is 1.28. The second-order valence-corrected chi connectivity index (χ2v) is 2.85. The van der Waals surface area contributed by atoms with Crippen LogP contribution in [-0.2, 0) is 0 Å². The smallest absolute Gasteiger partial charge is 0.145 e. The molecule has 0 saturated heterocycles. The Hall–Kier alpha value is -1.35. The van der Waals surface area contributed by atoms with Gasteiger partial charge in [-0.25, -0.2) is 5.16 Å². The first-order valence-corrected chi connectivity index (χ1v) is 4.00. The van der Waals surface area contributed by atoms with E-state index in [0.29, 0.717) is 4.64 Å². The van der Waals surface area contributed by atoms with Crippen molar-refractivity contribution < 1.29 is 4.52 Å². The minimum atomic E-state index is 0.640. The van der Waals surface area contributed by atoms with Crippen LogP contribution in [0, 0.1) is 4.64 Å². The summed E-state index contributed by atoms with van der Waals surface area (Å²) in [5.74, 6) is 0. The number of rotatable bonds is 1. The first-order chi connectivity index (χ1) is 5.88. The fraction of sp³-hybridized carbons (Fsp3) is 0. The van der Waals surface area contributed by atoms with Crippen LogP contribution in [0.15, 0.2) is 41.1 Å². The average molecular weight is 177 g/mol. The third kappa shape index (κ3) is 1.19. The zero-order chi connectivity index (χ0) is 8.39. The van der Waals surface area contributed by atoms with Crippen molar-refractivity contribution in [1.82, 2.24) is 5.16 Å². The van der Waals surface area contributed by atoms with Gasteiger partial charge in [0, 0.05) is 0 Å². The van der Waals surface area contributed by atoms with E-state index in [-0.39, 0.29) is 0 Å². The molecule has 0 aliphatic rings. The molecule has 1 aromatic carbocycles. The molecule has 0 atom stereocenters. The topological polar surface area (TPSA) is 28.9 Å². The van der Waals surface area contributed by atoms with Crippen LogP contribution in [0.4, 0.5) is 0 Å². The molecule has 0 spiro atoms. The van der Waals surface area contributed by atoms with Gasteiger partial charge in [-0.05, 0) is 5.56 Å². The molecular formula is C9H7NOS. The number of H-pyrrole nitrogens is 1. The molecule has 0 aliphatic heterocycles. The Bertz CT molecular complexity index is 415. The normalized spacial score (nSPS) is 10.0. The first kappa shape index (κ1) is 7.31. The summed E-state index contributed by atoms with van der Waals surface area (Å²) in [5, 5.41) is 2.61. The summed E-state index contributed by atoms with van der Waals surface area (Å²) in [6.45, 7) is 0. The van der Waals surface area contributed by atoms with Crippen LogP contribution in [0.2, 0.25) is 0 Å². The maximum absolute atomic E-state index is 5.02. The molecule has 2 nitrogen and oxygen atoms in total. The van der Waals surface area contributed by atoms with Crippen molar-refractivity contribution in [1.29, 1.82) is 0 Å². The molecule has 0 saturated carbocycles. The third-order valence-corrected chi connectivity index (χ3v) is 1.96. The first-order valence-electron chi connectivity index (χ1n) is 3.59. The molecule has 2 rings (SSSR count). The molecule has 0 aliphatic carbocycles. The van der Waals surface area contributed by atoms with Crippen LogP contribution in [-0.4, -0.2) is 5.16 Å². The van der Waals surface area contributed by atoms with E-state index in [4.69, 9.17) is 16.7 Å². The second kappa shape index (κ2) is 2.95. The maximum atomic E-state index is 5.02. The van der Waals surface area contributed by atoms with Crippen molar-refractivity contribution in [2.45, 2.75) is 0 Å². The second-order valence-electron chi connectivity index (χ2n) is 2.45. The van der Waals surface area contributed by atoms with Crippen molar-refractivity contribution >= 4 is 12.2 Å². The Morgan fingerprint density at radius 2 is 1.92 bits per heavy atom. The zero-order valence-corrected chi connectivity index (χ0v) is 7.10. The van der Waals surface area contributed by atoms with Crippen molar-refractivity contribution in [2.75, 3.05) is 0 Å². The van der Waals surface area contributed by atoms with Gasteiger partial charge in [-0.2, -0.15) is 0 Å².